The molecule has 2 aliphatic rings. The SMILES string of the molecule is CN(Cc1cc2ccccc2o1)C1CC2CCC(C1)N2.Cl. The molecule has 0 amide bonds. The maximum absolute atomic E-state index is 5.94. The molecule has 1 aromatic heterocycles. The summed E-state index contributed by atoms with van der Waals surface area (Å²) in [6, 6.07) is 12.6. The van der Waals surface area contributed by atoms with Gasteiger partial charge in [-0.2, -0.15) is 0 Å². The lowest BCUT2D eigenvalue weighted by Crippen LogP contribution is -2.46. The van der Waals surface area contributed by atoms with E-state index in [1.807, 2.05) is 12.1 Å². The van der Waals surface area contributed by atoms with E-state index in [-0.39, 0.29) is 12.4 Å². The lowest BCUT2D eigenvalue weighted by molar-refractivity contribution is 0.157. The topological polar surface area (TPSA) is 28.4 Å². The Morgan fingerprint density at radius 3 is 2.62 bits per heavy atom. The second-order valence-electron chi connectivity index (χ2n) is 6.43. The van der Waals surface area contributed by atoms with Crippen molar-refractivity contribution in [2.75, 3.05) is 7.05 Å². The molecule has 2 fully saturated rings. The Labute approximate surface area is 132 Å². The number of hydrogen-bond donors (Lipinski definition) is 1. The molecule has 1 aromatic carbocycles. The molecule has 0 radical (unpaired) electrons. The number of benzene rings is 1. The quantitative estimate of drug-likeness (QED) is 0.939. The Balaban J connectivity index is 0.00000132. The van der Waals surface area contributed by atoms with E-state index in [1.54, 1.807) is 0 Å². The molecule has 21 heavy (non-hydrogen) atoms. The Bertz CT molecular complexity index is 567. The van der Waals surface area contributed by atoms with Gasteiger partial charge in [-0.15, -0.1) is 12.4 Å². The number of nitrogens with one attached hydrogen (secondary N) is 1. The van der Waals surface area contributed by atoms with Crippen LogP contribution in [0.1, 0.15) is 31.4 Å². The number of hydrogen-bond acceptors (Lipinski definition) is 3. The molecule has 2 aliphatic heterocycles. The minimum Gasteiger partial charge on any atom is -0.460 e. The summed E-state index contributed by atoms with van der Waals surface area (Å²) in [4.78, 5) is 2.48. The van der Waals surface area contributed by atoms with E-state index in [0.717, 1.165) is 30.0 Å². The van der Waals surface area contributed by atoms with Crippen LogP contribution in [0.2, 0.25) is 0 Å². The Morgan fingerprint density at radius 1 is 1.19 bits per heavy atom. The Hall–Kier alpha value is -1.03. The predicted octanol–water partition coefficient (Wildman–Crippen LogP) is 3.57. The van der Waals surface area contributed by atoms with E-state index < -0.39 is 0 Å². The van der Waals surface area contributed by atoms with Gasteiger partial charge in [0.25, 0.3) is 0 Å². The van der Waals surface area contributed by atoms with E-state index in [1.165, 1.54) is 31.1 Å². The molecule has 2 atom stereocenters. The zero-order chi connectivity index (χ0) is 13.5. The highest BCUT2D eigenvalue weighted by molar-refractivity contribution is 5.85. The van der Waals surface area contributed by atoms with Gasteiger partial charge >= 0.3 is 0 Å². The minimum absolute atomic E-state index is 0. The maximum Gasteiger partial charge on any atom is 0.134 e. The normalized spacial score (nSPS) is 28.0. The third-order valence-corrected chi connectivity index (χ3v) is 4.95. The second kappa shape index (κ2) is 5.99. The van der Waals surface area contributed by atoms with Gasteiger partial charge in [-0.05, 0) is 44.9 Å². The molecule has 2 bridgehead atoms. The van der Waals surface area contributed by atoms with Gasteiger partial charge in [0.05, 0.1) is 6.54 Å². The van der Waals surface area contributed by atoms with Crippen LogP contribution in [-0.2, 0) is 6.54 Å². The third-order valence-electron chi connectivity index (χ3n) is 4.95. The molecule has 4 heteroatoms. The molecule has 2 unspecified atom stereocenters. The van der Waals surface area contributed by atoms with Gasteiger partial charge in [-0.3, -0.25) is 4.90 Å². The van der Waals surface area contributed by atoms with Crippen LogP contribution in [0, 0.1) is 0 Å². The van der Waals surface area contributed by atoms with Crippen molar-refractivity contribution in [2.24, 2.45) is 0 Å². The fourth-order valence-electron chi connectivity index (χ4n) is 3.88. The molecule has 114 valence electrons. The van der Waals surface area contributed by atoms with E-state index in [4.69, 9.17) is 4.42 Å². The Morgan fingerprint density at radius 2 is 1.90 bits per heavy atom. The van der Waals surface area contributed by atoms with Gasteiger partial charge in [0.1, 0.15) is 11.3 Å². The zero-order valence-electron chi connectivity index (χ0n) is 12.4. The van der Waals surface area contributed by atoms with Crippen molar-refractivity contribution in [3.63, 3.8) is 0 Å². The average Bonchev–Trinajstić information content (AvgIpc) is 3.01. The van der Waals surface area contributed by atoms with Crippen molar-refractivity contribution in [1.29, 1.82) is 0 Å². The van der Waals surface area contributed by atoms with E-state index >= 15 is 0 Å². The zero-order valence-corrected chi connectivity index (χ0v) is 13.2. The molecule has 3 nitrogen and oxygen atoms in total. The summed E-state index contributed by atoms with van der Waals surface area (Å²) >= 11 is 0. The number of para-hydroxylation sites is 1. The number of piperidine rings is 1. The maximum atomic E-state index is 5.94. The van der Waals surface area contributed by atoms with E-state index in [0.29, 0.717) is 6.04 Å². The minimum atomic E-state index is 0. The number of rotatable bonds is 3. The molecule has 4 rings (SSSR count). The van der Waals surface area contributed by atoms with Gasteiger partial charge in [-0.1, -0.05) is 18.2 Å². The summed E-state index contributed by atoms with van der Waals surface area (Å²) < 4.78 is 5.94. The van der Waals surface area contributed by atoms with Crippen LogP contribution in [0.25, 0.3) is 11.0 Å². The summed E-state index contributed by atoms with van der Waals surface area (Å²) in [5, 5.41) is 4.92. The molecule has 0 saturated carbocycles. The number of nitrogens with zero attached hydrogens (tertiary/aromatic N) is 1. The van der Waals surface area contributed by atoms with Crippen molar-refractivity contribution in [2.45, 2.75) is 50.4 Å². The number of furan rings is 1. The number of halogens is 1. The highest BCUT2D eigenvalue weighted by Crippen LogP contribution is 2.30. The van der Waals surface area contributed by atoms with Gasteiger partial charge in [0.15, 0.2) is 0 Å². The first-order valence-electron chi connectivity index (χ1n) is 7.71. The molecule has 2 saturated heterocycles. The first kappa shape index (κ1) is 14.9. The molecule has 0 spiro atoms. The molecule has 0 aliphatic carbocycles. The van der Waals surface area contributed by atoms with Crippen molar-refractivity contribution in [1.82, 2.24) is 10.2 Å². The predicted molar refractivity (Wildman–Crippen MR) is 87.9 cm³/mol. The molecule has 3 heterocycles. The van der Waals surface area contributed by atoms with Crippen molar-refractivity contribution in [3.05, 3.63) is 36.1 Å². The van der Waals surface area contributed by atoms with Crippen LogP contribution < -0.4 is 5.32 Å². The lowest BCUT2D eigenvalue weighted by atomic mass is 9.98. The average molecular weight is 307 g/mol. The Kier molecular flexibility index (Phi) is 4.25. The summed E-state index contributed by atoms with van der Waals surface area (Å²) in [5.41, 5.74) is 1.00. The molecular formula is C17H23ClN2O. The highest BCUT2D eigenvalue weighted by atomic mass is 35.5. The van der Waals surface area contributed by atoms with Gasteiger partial charge in [-0.25, -0.2) is 0 Å². The fourth-order valence-corrected chi connectivity index (χ4v) is 3.88. The van der Waals surface area contributed by atoms with E-state index in [9.17, 15) is 0 Å². The largest absolute Gasteiger partial charge is 0.460 e. The van der Waals surface area contributed by atoms with Gasteiger partial charge < -0.3 is 9.73 Å². The van der Waals surface area contributed by atoms with Crippen LogP contribution in [0.5, 0.6) is 0 Å². The van der Waals surface area contributed by atoms with E-state index in [2.05, 4.69) is 35.5 Å². The smallest absolute Gasteiger partial charge is 0.134 e. The van der Waals surface area contributed by atoms with Crippen LogP contribution in [0.4, 0.5) is 0 Å². The second-order valence-corrected chi connectivity index (χ2v) is 6.43. The lowest BCUT2D eigenvalue weighted by Gasteiger charge is -2.35. The number of fused-ring (bicyclic) bond motifs is 3. The van der Waals surface area contributed by atoms with Crippen LogP contribution >= 0.6 is 12.4 Å². The third kappa shape index (κ3) is 2.96. The van der Waals surface area contributed by atoms with Crippen molar-refractivity contribution >= 4 is 23.4 Å². The summed E-state index contributed by atoms with van der Waals surface area (Å²) in [6.07, 6.45) is 5.29. The summed E-state index contributed by atoms with van der Waals surface area (Å²) in [7, 11) is 2.24. The van der Waals surface area contributed by atoms with Crippen LogP contribution in [0.3, 0.4) is 0 Å². The first-order valence-corrected chi connectivity index (χ1v) is 7.71. The van der Waals surface area contributed by atoms with Crippen LogP contribution in [-0.4, -0.2) is 30.1 Å². The van der Waals surface area contributed by atoms with Crippen molar-refractivity contribution < 1.29 is 4.42 Å². The molecule has 1 N–H and O–H groups in total. The molecular weight excluding hydrogens is 284 g/mol. The van der Waals surface area contributed by atoms with Gasteiger partial charge in [0, 0.05) is 23.5 Å². The molecule has 2 aromatic rings. The summed E-state index contributed by atoms with van der Waals surface area (Å²) in [6.45, 7) is 0.915. The monoisotopic (exact) mass is 306 g/mol. The fraction of sp³-hybridized carbons (Fsp3) is 0.529. The van der Waals surface area contributed by atoms with Crippen LogP contribution in [0.15, 0.2) is 34.7 Å². The van der Waals surface area contributed by atoms with Gasteiger partial charge in [0.2, 0.25) is 0 Å². The standard InChI is InChI=1S/C17H22N2O.ClH/c1-19(15-9-13-6-7-14(10-15)18-13)11-16-8-12-4-2-3-5-17(12)20-16;/h2-5,8,13-15,18H,6-7,9-11H2,1H3;1H. The highest BCUT2D eigenvalue weighted by Gasteiger charge is 2.35. The first-order chi connectivity index (χ1) is 9.78. The van der Waals surface area contributed by atoms with Crippen molar-refractivity contribution in [3.8, 4) is 0 Å². The summed E-state index contributed by atoms with van der Waals surface area (Å²) in [5.74, 6) is 1.08.